The van der Waals surface area contributed by atoms with Gasteiger partial charge >= 0.3 is 0 Å². The molecule has 0 amide bonds. The molecule has 0 aromatic carbocycles. The molecule has 0 spiro atoms. The Kier molecular flexibility index (Phi) is 4.61. The van der Waals surface area contributed by atoms with Crippen molar-refractivity contribution in [2.75, 3.05) is 12.8 Å². The maximum atomic E-state index is 4.13. The second-order valence-corrected chi connectivity index (χ2v) is 3.29. The van der Waals surface area contributed by atoms with Crippen LogP contribution in [0.5, 0.6) is 0 Å². The topological polar surface area (TPSA) is 24.4 Å². The fraction of sp³-hybridized carbons (Fsp3) is 0.444. The lowest BCUT2D eigenvalue weighted by molar-refractivity contribution is 1.24. The Labute approximate surface area is 78.0 Å². The van der Waals surface area contributed by atoms with E-state index in [9.17, 15) is 0 Å². The van der Waals surface area contributed by atoms with Gasteiger partial charge in [-0.05, 0) is 18.4 Å². The number of hydrogen-bond acceptors (Lipinski definition) is 2. The third-order valence-corrected chi connectivity index (χ3v) is 2.30. The molecule has 1 aliphatic rings. The Hall–Kier alpha value is -0.700. The molecule has 0 unspecified atom stereocenters. The van der Waals surface area contributed by atoms with Crippen molar-refractivity contribution in [3.63, 3.8) is 0 Å². The first-order chi connectivity index (χ1) is 5.93. The Balaban J connectivity index is 2.47. The minimum Gasteiger partial charge on any atom is -0.318 e. The molecule has 0 fully saturated rings. The maximum Gasteiger partial charge on any atom is 0.110 e. The standard InChI is InChI=1S/C9H14N2S/c1-10-9-7-5-3-2-4-6-8-12-11-9/h3-6H,2,7-8H2,1H3,(H,10,11)/b5-3-,6-4-. The van der Waals surface area contributed by atoms with Gasteiger partial charge in [-0.3, -0.25) is 4.99 Å². The highest BCUT2D eigenvalue weighted by Gasteiger charge is 1.94. The highest BCUT2D eigenvalue weighted by atomic mass is 32.2. The van der Waals surface area contributed by atoms with Crippen LogP contribution in [0, 0.1) is 0 Å². The van der Waals surface area contributed by atoms with E-state index in [1.165, 1.54) is 0 Å². The van der Waals surface area contributed by atoms with Gasteiger partial charge in [0.25, 0.3) is 0 Å². The predicted molar refractivity (Wildman–Crippen MR) is 56.5 cm³/mol. The Bertz CT molecular complexity index is 207. The third-order valence-electron chi connectivity index (χ3n) is 1.56. The predicted octanol–water partition coefficient (Wildman–Crippen LogP) is 2.16. The smallest absolute Gasteiger partial charge is 0.110 e. The van der Waals surface area contributed by atoms with Crippen molar-refractivity contribution >= 4 is 17.8 Å². The van der Waals surface area contributed by atoms with Crippen molar-refractivity contribution in [2.24, 2.45) is 4.99 Å². The molecular formula is C9H14N2S. The van der Waals surface area contributed by atoms with E-state index in [0.717, 1.165) is 24.4 Å². The number of hydrogen-bond donors (Lipinski definition) is 1. The molecule has 0 aromatic heterocycles. The maximum absolute atomic E-state index is 4.13. The van der Waals surface area contributed by atoms with Gasteiger partial charge in [-0.1, -0.05) is 24.3 Å². The van der Waals surface area contributed by atoms with Gasteiger partial charge in [0.2, 0.25) is 0 Å². The Morgan fingerprint density at radius 3 is 3.00 bits per heavy atom. The second-order valence-electron chi connectivity index (χ2n) is 2.47. The summed E-state index contributed by atoms with van der Waals surface area (Å²) in [5.74, 6) is 2.05. The van der Waals surface area contributed by atoms with Gasteiger partial charge in [0.05, 0.1) is 0 Å². The summed E-state index contributed by atoms with van der Waals surface area (Å²) in [5, 5.41) is 0. The molecule has 3 heteroatoms. The van der Waals surface area contributed by atoms with Crippen LogP contribution in [0.3, 0.4) is 0 Å². The largest absolute Gasteiger partial charge is 0.318 e. The van der Waals surface area contributed by atoms with Crippen molar-refractivity contribution in [1.82, 2.24) is 4.72 Å². The molecule has 66 valence electrons. The van der Waals surface area contributed by atoms with Crippen LogP contribution in [0.4, 0.5) is 0 Å². The van der Waals surface area contributed by atoms with Gasteiger partial charge in [-0.15, -0.1) is 0 Å². The average molecular weight is 182 g/mol. The molecule has 2 nitrogen and oxygen atoms in total. The van der Waals surface area contributed by atoms with Gasteiger partial charge in [0.15, 0.2) is 0 Å². The molecule has 12 heavy (non-hydrogen) atoms. The molecule has 1 N–H and O–H groups in total. The zero-order chi connectivity index (χ0) is 8.65. The summed E-state index contributed by atoms with van der Waals surface area (Å²) in [6.45, 7) is 0. The minimum atomic E-state index is 0.914. The van der Waals surface area contributed by atoms with E-state index in [1.54, 1.807) is 11.9 Å². The lowest BCUT2D eigenvalue weighted by Crippen LogP contribution is -2.15. The molecule has 0 saturated carbocycles. The van der Waals surface area contributed by atoms with E-state index >= 15 is 0 Å². The van der Waals surface area contributed by atoms with E-state index in [2.05, 4.69) is 34.0 Å². The molecule has 0 radical (unpaired) electrons. The minimum absolute atomic E-state index is 0.914. The number of rotatable bonds is 0. The molecule has 0 aliphatic carbocycles. The molecule has 0 bridgehead atoms. The summed E-state index contributed by atoms with van der Waals surface area (Å²) in [6.07, 6.45) is 10.6. The zero-order valence-corrected chi connectivity index (χ0v) is 8.10. The van der Waals surface area contributed by atoms with Crippen LogP contribution in [-0.4, -0.2) is 18.6 Å². The first kappa shape index (κ1) is 9.39. The summed E-state index contributed by atoms with van der Waals surface area (Å²) in [5.41, 5.74) is 0. The summed E-state index contributed by atoms with van der Waals surface area (Å²) in [4.78, 5) is 4.13. The fourth-order valence-electron chi connectivity index (χ4n) is 0.886. The van der Waals surface area contributed by atoms with E-state index in [0.29, 0.717) is 0 Å². The summed E-state index contributed by atoms with van der Waals surface area (Å²) in [7, 11) is 1.82. The van der Waals surface area contributed by atoms with Gasteiger partial charge in [-0.2, -0.15) is 0 Å². The third kappa shape index (κ3) is 3.62. The lowest BCUT2D eigenvalue weighted by Gasteiger charge is -2.05. The van der Waals surface area contributed by atoms with Gasteiger partial charge < -0.3 is 4.72 Å². The Morgan fingerprint density at radius 2 is 2.17 bits per heavy atom. The molecule has 1 heterocycles. The summed E-state index contributed by atoms with van der Waals surface area (Å²) >= 11 is 1.68. The quantitative estimate of drug-likeness (QED) is 0.458. The molecule has 1 aliphatic heterocycles. The van der Waals surface area contributed by atoms with Crippen molar-refractivity contribution in [2.45, 2.75) is 12.8 Å². The van der Waals surface area contributed by atoms with Crippen molar-refractivity contribution < 1.29 is 0 Å². The number of allylic oxidation sites excluding steroid dienone is 2. The first-order valence-corrected chi connectivity index (χ1v) is 5.05. The number of amidine groups is 1. The highest BCUT2D eigenvalue weighted by Crippen LogP contribution is 2.01. The normalized spacial score (nSPS) is 27.6. The van der Waals surface area contributed by atoms with Gasteiger partial charge in [-0.25, -0.2) is 0 Å². The lowest BCUT2D eigenvalue weighted by atomic mass is 10.3. The van der Waals surface area contributed by atoms with Crippen molar-refractivity contribution in [3.05, 3.63) is 24.3 Å². The van der Waals surface area contributed by atoms with E-state index in [4.69, 9.17) is 0 Å². The molecule has 1 rings (SSSR count). The number of aliphatic imine (C=N–C) groups is 1. The van der Waals surface area contributed by atoms with Crippen LogP contribution in [0.1, 0.15) is 12.8 Å². The average Bonchev–Trinajstić information content (AvgIpc) is 2.14. The van der Waals surface area contributed by atoms with Gasteiger partial charge in [0, 0.05) is 19.2 Å². The van der Waals surface area contributed by atoms with E-state index in [1.807, 2.05) is 7.05 Å². The number of nitrogens with one attached hydrogen (secondary N) is 1. The molecule has 0 atom stereocenters. The SMILES string of the molecule is CN=C1C/C=C\C/C=C\CSN1. The van der Waals surface area contributed by atoms with E-state index < -0.39 is 0 Å². The molecule has 0 aromatic rings. The Morgan fingerprint density at radius 1 is 1.33 bits per heavy atom. The van der Waals surface area contributed by atoms with Crippen molar-refractivity contribution in [1.29, 1.82) is 0 Å². The first-order valence-electron chi connectivity index (χ1n) is 4.07. The summed E-state index contributed by atoms with van der Waals surface area (Å²) < 4.78 is 3.20. The van der Waals surface area contributed by atoms with Crippen LogP contribution in [0.2, 0.25) is 0 Å². The van der Waals surface area contributed by atoms with Crippen LogP contribution < -0.4 is 4.72 Å². The van der Waals surface area contributed by atoms with Crippen LogP contribution >= 0.6 is 11.9 Å². The molecular weight excluding hydrogens is 168 g/mol. The second kappa shape index (κ2) is 5.89. The number of nitrogens with zero attached hydrogens (tertiary/aromatic N) is 1. The highest BCUT2D eigenvalue weighted by molar-refractivity contribution is 7.98. The zero-order valence-electron chi connectivity index (χ0n) is 7.29. The monoisotopic (exact) mass is 182 g/mol. The van der Waals surface area contributed by atoms with Crippen LogP contribution in [0.25, 0.3) is 0 Å². The van der Waals surface area contributed by atoms with Crippen LogP contribution in [0.15, 0.2) is 29.3 Å². The fourth-order valence-corrected chi connectivity index (χ4v) is 1.54. The van der Waals surface area contributed by atoms with Crippen LogP contribution in [-0.2, 0) is 0 Å². The summed E-state index contributed by atoms with van der Waals surface area (Å²) in [6, 6.07) is 0. The van der Waals surface area contributed by atoms with Crippen molar-refractivity contribution in [3.8, 4) is 0 Å². The van der Waals surface area contributed by atoms with Gasteiger partial charge in [0.1, 0.15) is 5.84 Å². The van der Waals surface area contributed by atoms with E-state index in [-0.39, 0.29) is 0 Å². The molecule has 0 saturated heterocycles.